The summed E-state index contributed by atoms with van der Waals surface area (Å²) in [5.74, 6) is 0. The molecular formula is C15H23BrN2O2Si3. The van der Waals surface area contributed by atoms with E-state index in [1.165, 1.54) is 0 Å². The monoisotopic (exact) mass is 426 g/mol. The number of hydrogen-bond acceptors (Lipinski definition) is 4. The minimum Gasteiger partial charge on any atom is -0.437 e. The van der Waals surface area contributed by atoms with Crippen LogP contribution in [0.2, 0.25) is 45.8 Å². The van der Waals surface area contributed by atoms with Crippen LogP contribution in [0.5, 0.6) is 0 Å². The summed E-state index contributed by atoms with van der Waals surface area (Å²) in [6, 6.07) is 7.65. The first-order valence-corrected chi connectivity index (χ1v) is 17.3. The highest BCUT2D eigenvalue weighted by atomic mass is 79.9. The molecule has 0 unspecified atom stereocenters. The van der Waals surface area contributed by atoms with Crippen molar-refractivity contribution in [2.45, 2.75) is 45.8 Å². The number of nitriles is 2. The fourth-order valence-electron chi connectivity index (χ4n) is 2.65. The summed E-state index contributed by atoms with van der Waals surface area (Å²) in [6.45, 7) is 14.8. The maximum absolute atomic E-state index is 9.26. The lowest BCUT2D eigenvalue weighted by molar-refractivity contribution is 0.398. The van der Waals surface area contributed by atoms with Gasteiger partial charge in [0.2, 0.25) is 8.32 Å². The van der Waals surface area contributed by atoms with Gasteiger partial charge in [-0.05, 0) is 63.1 Å². The van der Waals surface area contributed by atoms with Crippen LogP contribution >= 0.6 is 15.9 Å². The molecule has 1 aromatic carbocycles. The third-order valence-electron chi connectivity index (χ3n) is 3.05. The van der Waals surface area contributed by atoms with E-state index < -0.39 is 25.2 Å². The first kappa shape index (κ1) is 20.3. The molecule has 0 radical (unpaired) electrons. The Balaban J connectivity index is 3.24. The van der Waals surface area contributed by atoms with Crippen molar-refractivity contribution >= 4 is 46.3 Å². The largest absolute Gasteiger partial charge is 0.437 e. The zero-order valence-corrected chi connectivity index (χ0v) is 19.3. The van der Waals surface area contributed by atoms with Crippen molar-refractivity contribution in [2.75, 3.05) is 0 Å². The Kier molecular flexibility index (Phi) is 6.19. The Morgan fingerprint density at radius 1 is 0.870 bits per heavy atom. The van der Waals surface area contributed by atoms with Crippen LogP contribution in [0.15, 0.2) is 16.6 Å². The molecule has 0 fully saturated rings. The van der Waals surface area contributed by atoms with E-state index in [0.29, 0.717) is 11.1 Å². The van der Waals surface area contributed by atoms with Gasteiger partial charge in [0.05, 0.1) is 11.1 Å². The van der Waals surface area contributed by atoms with Crippen LogP contribution in [0.3, 0.4) is 0 Å². The second-order valence-corrected chi connectivity index (χ2v) is 20.4. The molecule has 23 heavy (non-hydrogen) atoms. The van der Waals surface area contributed by atoms with Gasteiger partial charge in [-0.25, -0.2) is 0 Å². The number of halogens is 1. The van der Waals surface area contributed by atoms with E-state index in [2.05, 4.69) is 73.9 Å². The summed E-state index contributed by atoms with van der Waals surface area (Å²) >= 11 is 3.53. The molecule has 0 N–H and O–H groups in total. The molecule has 4 nitrogen and oxygen atoms in total. The van der Waals surface area contributed by atoms with Crippen LogP contribution in [-0.4, -0.2) is 25.2 Å². The molecule has 8 heteroatoms. The van der Waals surface area contributed by atoms with Crippen molar-refractivity contribution in [1.82, 2.24) is 0 Å². The Bertz CT molecular complexity index is 686. The molecule has 0 aliphatic rings. The molecule has 0 heterocycles. The highest BCUT2D eigenvalue weighted by molar-refractivity contribution is 9.10. The van der Waals surface area contributed by atoms with Crippen LogP contribution in [0.1, 0.15) is 11.1 Å². The minimum atomic E-state index is -2.29. The van der Waals surface area contributed by atoms with Gasteiger partial charge >= 0.3 is 8.56 Å². The molecule has 124 valence electrons. The fourth-order valence-corrected chi connectivity index (χ4v) is 17.4. The first-order chi connectivity index (χ1) is 10.3. The van der Waals surface area contributed by atoms with Crippen molar-refractivity contribution in [1.29, 1.82) is 10.5 Å². The zero-order valence-electron chi connectivity index (χ0n) is 14.7. The molecule has 0 aliphatic heterocycles. The number of hydrogen-bond donors (Lipinski definition) is 0. The predicted octanol–water partition coefficient (Wildman–Crippen LogP) is 4.17. The lowest BCUT2D eigenvalue weighted by Crippen LogP contribution is -2.56. The van der Waals surface area contributed by atoms with E-state index in [1.54, 1.807) is 12.1 Å². The smallest absolute Gasteiger partial charge is 0.311 e. The average Bonchev–Trinajstić information content (AvgIpc) is 2.33. The molecule has 1 aromatic rings. The van der Waals surface area contributed by atoms with Gasteiger partial charge in [0, 0.05) is 4.47 Å². The maximum Gasteiger partial charge on any atom is 0.311 e. The molecule has 0 saturated carbocycles. The fraction of sp³-hybridized carbons (Fsp3) is 0.467. The molecule has 0 amide bonds. The second kappa shape index (κ2) is 7.01. The SMILES string of the molecule is C[Si](C)(C)O[Si](C)(C)O[Si](C)(C)c1cc(C#N)c(C#N)cc1Br. The number of rotatable bonds is 5. The molecular weight excluding hydrogens is 404 g/mol. The van der Waals surface area contributed by atoms with Gasteiger partial charge in [0.25, 0.3) is 0 Å². The quantitative estimate of drug-likeness (QED) is 0.662. The van der Waals surface area contributed by atoms with E-state index in [0.717, 1.165) is 9.66 Å². The van der Waals surface area contributed by atoms with E-state index in [4.69, 9.17) is 13.5 Å². The summed E-state index contributed by atoms with van der Waals surface area (Å²) in [5.41, 5.74) is 0.767. The Morgan fingerprint density at radius 3 is 1.78 bits per heavy atom. The highest BCUT2D eigenvalue weighted by Gasteiger charge is 2.40. The predicted molar refractivity (Wildman–Crippen MR) is 104 cm³/mol. The standard InChI is InChI=1S/C15H23BrN2O2Si3/c1-21(2,3)19-23(6,7)20-22(4,5)15-9-13(11-18)12(10-17)8-14(15)16/h8-9H,1-7H3. The van der Waals surface area contributed by atoms with E-state index in [-0.39, 0.29) is 0 Å². The normalized spacial score (nSPS) is 12.6. The van der Waals surface area contributed by atoms with Crippen molar-refractivity contribution in [3.63, 3.8) is 0 Å². The molecule has 0 bridgehead atoms. The van der Waals surface area contributed by atoms with Gasteiger partial charge in [-0.15, -0.1) is 0 Å². The topological polar surface area (TPSA) is 66.0 Å². The molecule has 0 aliphatic carbocycles. The molecule has 0 spiro atoms. The Labute approximate surface area is 150 Å². The van der Waals surface area contributed by atoms with Crippen LogP contribution in [-0.2, 0) is 8.23 Å². The van der Waals surface area contributed by atoms with Crippen molar-refractivity contribution in [3.05, 3.63) is 27.7 Å². The molecule has 0 atom stereocenters. The van der Waals surface area contributed by atoms with Crippen molar-refractivity contribution < 1.29 is 8.23 Å². The van der Waals surface area contributed by atoms with Crippen LogP contribution in [0.4, 0.5) is 0 Å². The average molecular weight is 428 g/mol. The van der Waals surface area contributed by atoms with Gasteiger partial charge in [0.1, 0.15) is 12.1 Å². The van der Waals surface area contributed by atoms with Crippen LogP contribution in [0, 0.1) is 22.7 Å². The summed E-state index contributed by atoms with van der Waals surface area (Å²) in [7, 11) is -6.25. The van der Waals surface area contributed by atoms with Gasteiger partial charge in [-0.3, -0.25) is 0 Å². The lowest BCUT2D eigenvalue weighted by Gasteiger charge is -2.38. The minimum absolute atomic E-state index is 0.378. The van der Waals surface area contributed by atoms with Crippen LogP contribution < -0.4 is 5.19 Å². The third-order valence-corrected chi connectivity index (χ3v) is 14.2. The van der Waals surface area contributed by atoms with Crippen molar-refractivity contribution in [2.24, 2.45) is 0 Å². The summed E-state index contributed by atoms with van der Waals surface area (Å²) in [5, 5.41) is 19.4. The zero-order chi connectivity index (χ0) is 18.1. The van der Waals surface area contributed by atoms with Gasteiger partial charge < -0.3 is 8.23 Å². The number of benzene rings is 1. The highest BCUT2D eigenvalue weighted by Crippen LogP contribution is 2.24. The first-order valence-electron chi connectivity index (χ1n) is 7.36. The molecule has 0 aromatic heterocycles. The Hall–Kier alpha value is -0.749. The van der Waals surface area contributed by atoms with Crippen LogP contribution in [0.25, 0.3) is 0 Å². The van der Waals surface area contributed by atoms with Gasteiger partial charge in [0.15, 0.2) is 8.32 Å². The number of nitrogens with zero attached hydrogens (tertiary/aromatic N) is 2. The second-order valence-electron chi connectivity index (χ2n) is 7.33. The lowest BCUT2D eigenvalue weighted by atomic mass is 10.1. The summed E-state index contributed by atoms with van der Waals surface area (Å²) in [6.07, 6.45) is 0. The van der Waals surface area contributed by atoms with E-state index in [9.17, 15) is 5.26 Å². The summed E-state index contributed by atoms with van der Waals surface area (Å²) in [4.78, 5) is 0. The Morgan fingerprint density at radius 2 is 1.35 bits per heavy atom. The van der Waals surface area contributed by atoms with E-state index >= 15 is 0 Å². The third kappa shape index (κ3) is 5.68. The van der Waals surface area contributed by atoms with E-state index in [1.807, 2.05) is 0 Å². The maximum atomic E-state index is 9.26. The molecule has 1 rings (SSSR count). The van der Waals surface area contributed by atoms with Gasteiger partial charge in [-0.2, -0.15) is 10.5 Å². The molecule has 0 saturated heterocycles. The van der Waals surface area contributed by atoms with Gasteiger partial charge in [-0.1, -0.05) is 15.9 Å². The van der Waals surface area contributed by atoms with Crippen molar-refractivity contribution in [3.8, 4) is 12.1 Å². The summed E-state index contributed by atoms with van der Waals surface area (Å²) < 4.78 is 13.6.